The fourth-order valence-electron chi connectivity index (χ4n) is 3.28. The van der Waals surface area contributed by atoms with Crippen LogP contribution in [0.25, 0.3) is 0 Å². The van der Waals surface area contributed by atoms with Crippen LogP contribution in [0.15, 0.2) is 0 Å². The summed E-state index contributed by atoms with van der Waals surface area (Å²) in [5.74, 6) is 2.63. The molecular formula is C15H29ClN2O. The highest BCUT2D eigenvalue weighted by molar-refractivity contribution is 5.85. The van der Waals surface area contributed by atoms with Crippen LogP contribution in [-0.4, -0.2) is 37.0 Å². The number of rotatable bonds is 3. The van der Waals surface area contributed by atoms with E-state index in [1.54, 1.807) is 0 Å². The molecule has 3 nitrogen and oxygen atoms in total. The number of amides is 1. The van der Waals surface area contributed by atoms with Crippen LogP contribution in [0.1, 0.15) is 46.0 Å². The van der Waals surface area contributed by atoms with E-state index in [1.807, 2.05) is 0 Å². The summed E-state index contributed by atoms with van der Waals surface area (Å²) in [4.78, 5) is 14.4. The van der Waals surface area contributed by atoms with Crippen molar-refractivity contribution in [2.45, 2.75) is 46.0 Å². The van der Waals surface area contributed by atoms with E-state index in [0.29, 0.717) is 11.8 Å². The van der Waals surface area contributed by atoms with Gasteiger partial charge in [-0.3, -0.25) is 4.79 Å². The Morgan fingerprint density at radius 2 is 1.74 bits per heavy atom. The Morgan fingerprint density at radius 1 is 1.16 bits per heavy atom. The van der Waals surface area contributed by atoms with Gasteiger partial charge in [0.25, 0.3) is 0 Å². The van der Waals surface area contributed by atoms with Crippen molar-refractivity contribution in [1.82, 2.24) is 10.2 Å². The summed E-state index contributed by atoms with van der Waals surface area (Å²) in [6, 6.07) is 0. The molecule has 0 unspecified atom stereocenters. The SMILES string of the molecule is CC(C)C1CCN(C(=O)CC2CCNCC2)CC1.Cl. The lowest BCUT2D eigenvalue weighted by atomic mass is 9.86. The fourth-order valence-corrected chi connectivity index (χ4v) is 3.28. The Kier molecular flexibility index (Phi) is 7.16. The predicted molar refractivity (Wildman–Crippen MR) is 81.6 cm³/mol. The molecule has 2 fully saturated rings. The quantitative estimate of drug-likeness (QED) is 0.866. The van der Waals surface area contributed by atoms with E-state index >= 15 is 0 Å². The molecule has 1 N–H and O–H groups in total. The van der Waals surface area contributed by atoms with Crippen LogP contribution >= 0.6 is 12.4 Å². The zero-order chi connectivity index (χ0) is 13.0. The highest BCUT2D eigenvalue weighted by Gasteiger charge is 2.26. The second-order valence-electron chi connectivity index (χ2n) is 6.36. The first-order chi connectivity index (χ1) is 8.66. The maximum absolute atomic E-state index is 12.2. The third kappa shape index (κ3) is 4.96. The third-order valence-electron chi connectivity index (χ3n) is 4.76. The predicted octanol–water partition coefficient (Wildman–Crippen LogP) is 2.69. The van der Waals surface area contributed by atoms with Gasteiger partial charge in [-0.1, -0.05) is 13.8 Å². The topological polar surface area (TPSA) is 32.3 Å². The van der Waals surface area contributed by atoms with Crippen molar-refractivity contribution < 1.29 is 4.79 Å². The summed E-state index contributed by atoms with van der Waals surface area (Å²) in [7, 11) is 0. The molecule has 2 aliphatic rings. The van der Waals surface area contributed by atoms with Gasteiger partial charge in [0.1, 0.15) is 0 Å². The smallest absolute Gasteiger partial charge is 0.222 e. The molecule has 0 atom stereocenters. The Labute approximate surface area is 123 Å². The van der Waals surface area contributed by atoms with E-state index < -0.39 is 0 Å². The summed E-state index contributed by atoms with van der Waals surface area (Å²) in [6.45, 7) is 8.77. The highest BCUT2D eigenvalue weighted by atomic mass is 35.5. The molecule has 2 aliphatic heterocycles. The molecule has 0 aromatic rings. The van der Waals surface area contributed by atoms with Gasteiger partial charge in [0, 0.05) is 19.5 Å². The molecular weight excluding hydrogens is 260 g/mol. The van der Waals surface area contributed by atoms with Crippen molar-refractivity contribution in [3.63, 3.8) is 0 Å². The molecule has 0 saturated carbocycles. The molecule has 2 rings (SSSR count). The lowest BCUT2D eigenvalue weighted by Crippen LogP contribution is -2.41. The molecule has 0 bridgehead atoms. The summed E-state index contributed by atoms with van der Waals surface area (Å²) in [5, 5.41) is 3.36. The van der Waals surface area contributed by atoms with Gasteiger partial charge in [0.05, 0.1) is 0 Å². The maximum Gasteiger partial charge on any atom is 0.222 e. The zero-order valence-electron chi connectivity index (χ0n) is 12.4. The molecule has 0 aromatic heterocycles. The van der Waals surface area contributed by atoms with Crippen LogP contribution < -0.4 is 5.32 Å². The average molecular weight is 289 g/mol. The minimum Gasteiger partial charge on any atom is -0.343 e. The fraction of sp³-hybridized carbons (Fsp3) is 0.933. The Balaban J connectivity index is 0.00000180. The van der Waals surface area contributed by atoms with Gasteiger partial charge in [-0.2, -0.15) is 0 Å². The van der Waals surface area contributed by atoms with Gasteiger partial charge >= 0.3 is 0 Å². The van der Waals surface area contributed by atoms with E-state index in [0.717, 1.165) is 44.4 Å². The van der Waals surface area contributed by atoms with Gasteiger partial charge in [0.2, 0.25) is 5.91 Å². The lowest BCUT2D eigenvalue weighted by Gasteiger charge is -2.35. The van der Waals surface area contributed by atoms with E-state index in [-0.39, 0.29) is 12.4 Å². The number of hydrogen-bond donors (Lipinski definition) is 1. The van der Waals surface area contributed by atoms with Crippen molar-refractivity contribution in [2.75, 3.05) is 26.2 Å². The number of likely N-dealkylation sites (tertiary alicyclic amines) is 1. The van der Waals surface area contributed by atoms with E-state index in [2.05, 4.69) is 24.1 Å². The molecule has 0 aromatic carbocycles. The largest absolute Gasteiger partial charge is 0.343 e. The van der Waals surface area contributed by atoms with Crippen LogP contribution in [0.3, 0.4) is 0 Å². The number of nitrogens with one attached hydrogen (secondary N) is 1. The average Bonchev–Trinajstić information content (AvgIpc) is 2.40. The van der Waals surface area contributed by atoms with Crippen LogP contribution in [0.2, 0.25) is 0 Å². The molecule has 4 heteroatoms. The van der Waals surface area contributed by atoms with Crippen LogP contribution in [-0.2, 0) is 4.79 Å². The number of carbonyl (C=O) groups excluding carboxylic acids is 1. The standard InChI is InChI=1S/C15H28N2O.ClH/c1-12(2)14-5-9-17(10-6-14)15(18)11-13-3-7-16-8-4-13;/h12-14,16H,3-11H2,1-2H3;1H. The van der Waals surface area contributed by atoms with Crippen LogP contribution in [0, 0.1) is 17.8 Å². The monoisotopic (exact) mass is 288 g/mol. The van der Waals surface area contributed by atoms with Gasteiger partial charge < -0.3 is 10.2 Å². The second kappa shape index (κ2) is 8.11. The molecule has 1 amide bonds. The summed E-state index contributed by atoms with van der Waals surface area (Å²) in [5.41, 5.74) is 0. The molecule has 0 aliphatic carbocycles. The van der Waals surface area contributed by atoms with E-state index in [9.17, 15) is 4.79 Å². The first-order valence-electron chi connectivity index (χ1n) is 7.65. The van der Waals surface area contributed by atoms with Crippen molar-refractivity contribution in [3.05, 3.63) is 0 Å². The van der Waals surface area contributed by atoms with Crippen molar-refractivity contribution >= 4 is 18.3 Å². The Morgan fingerprint density at radius 3 is 2.26 bits per heavy atom. The van der Waals surface area contributed by atoms with E-state index in [1.165, 1.54) is 25.7 Å². The van der Waals surface area contributed by atoms with Crippen LogP contribution in [0.5, 0.6) is 0 Å². The normalized spacial score (nSPS) is 22.4. The molecule has 0 spiro atoms. The second-order valence-corrected chi connectivity index (χ2v) is 6.36. The molecule has 112 valence electrons. The van der Waals surface area contributed by atoms with Gasteiger partial charge in [-0.25, -0.2) is 0 Å². The summed E-state index contributed by atoms with van der Waals surface area (Å²) < 4.78 is 0. The minimum absolute atomic E-state index is 0. The molecule has 2 heterocycles. The number of carbonyl (C=O) groups is 1. The molecule has 2 saturated heterocycles. The van der Waals surface area contributed by atoms with Crippen molar-refractivity contribution in [3.8, 4) is 0 Å². The summed E-state index contributed by atoms with van der Waals surface area (Å²) >= 11 is 0. The first-order valence-corrected chi connectivity index (χ1v) is 7.65. The van der Waals surface area contributed by atoms with Crippen molar-refractivity contribution in [2.24, 2.45) is 17.8 Å². The van der Waals surface area contributed by atoms with E-state index in [4.69, 9.17) is 0 Å². The summed E-state index contributed by atoms with van der Waals surface area (Å²) in [6.07, 6.45) is 5.54. The van der Waals surface area contributed by atoms with Crippen molar-refractivity contribution in [1.29, 1.82) is 0 Å². The number of nitrogens with zero attached hydrogens (tertiary/aromatic N) is 1. The lowest BCUT2D eigenvalue weighted by molar-refractivity contribution is -0.134. The van der Waals surface area contributed by atoms with Gasteiger partial charge in [-0.05, 0) is 56.5 Å². The Hall–Kier alpha value is -0.280. The number of piperidine rings is 2. The third-order valence-corrected chi connectivity index (χ3v) is 4.76. The number of halogens is 1. The maximum atomic E-state index is 12.2. The van der Waals surface area contributed by atoms with Gasteiger partial charge in [-0.15, -0.1) is 12.4 Å². The molecule has 19 heavy (non-hydrogen) atoms. The molecule has 0 radical (unpaired) electrons. The van der Waals surface area contributed by atoms with Crippen LogP contribution in [0.4, 0.5) is 0 Å². The highest BCUT2D eigenvalue weighted by Crippen LogP contribution is 2.26. The number of hydrogen-bond acceptors (Lipinski definition) is 2. The zero-order valence-corrected chi connectivity index (χ0v) is 13.2. The first kappa shape index (κ1) is 16.8. The Bertz CT molecular complexity index is 269. The minimum atomic E-state index is 0. The van der Waals surface area contributed by atoms with Gasteiger partial charge in [0.15, 0.2) is 0 Å².